The van der Waals surface area contributed by atoms with Crippen molar-refractivity contribution in [3.63, 3.8) is 0 Å². The Labute approximate surface area is 118 Å². The first-order valence-corrected chi connectivity index (χ1v) is 6.42. The Morgan fingerprint density at radius 2 is 1.95 bits per heavy atom. The fourth-order valence-electron chi connectivity index (χ4n) is 1.95. The molecule has 0 aliphatic rings. The van der Waals surface area contributed by atoms with Gasteiger partial charge < -0.3 is 4.74 Å². The lowest BCUT2D eigenvalue weighted by Gasteiger charge is -2.12. The Hall–Kier alpha value is -1.80. The monoisotopic (exact) mass is 274 g/mol. The number of ether oxygens (including phenoxy) is 1. The average Bonchev–Trinajstić information content (AvgIpc) is 2.41. The normalized spacial score (nSPS) is 10.3. The molecule has 0 aliphatic heterocycles. The minimum Gasteiger partial charge on any atom is -0.487 e. The topological polar surface area (TPSA) is 26.3 Å². The van der Waals surface area contributed by atoms with Gasteiger partial charge in [0.15, 0.2) is 0 Å². The molecule has 2 nitrogen and oxygen atoms in total. The van der Waals surface area contributed by atoms with Crippen molar-refractivity contribution in [1.82, 2.24) is 0 Å². The predicted octanol–water partition coefficient (Wildman–Crippen LogP) is 4.35. The molecule has 0 aromatic heterocycles. The molecule has 0 saturated heterocycles. The molecule has 0 aliphatic carbocycles. The van der Waals surface area contributed by atoms with Crippen LogP contribution in [0.3, 0.4) is 0 Å². The molecule has 2 rings (SSSR count). The fraction of sp³-hybridized carbons (Fsp3) is 0.188. The highest BCUT2D eigenvalue weighted by Crippen LogP contribution is 2.25. The number of carbonyl (C=O) groups is 1. The molecule has 0 unspecified atom stereocenters. The van der Waals surface area contributed by atoms with Crippen molar-refractivity contribution >= 4 is 17.9 Å². The molecule has 2 aromatic carbocycles. The molecule has 98 valence electrons. The molecule has 19 heavy (non-hydrogen) atoms. The summed E-state index contributed by atoms with van der Waals surface area (Å²) in [6, 6.07) is 11.3. The molecule has 3 heteroatoms. The number of aryl methyl sites for hydroxylation is 1. The van der Waals surface area contributed by atoms with E-state index in [1.165, 1.54) is 0 Å². The van der Waals surface area contributed by atoms with Gasteiger partial charge in [0, 0.05) is 5.56 Å². The van der Waals surface area contributed by atoms with Crippen LogP contribution in [0.2, 0.25) is 5.02 Å². The lowest BCUT2D eigenvalue weighted by atomic mass is 10.0. The Balaban J connectivity index is 2.23. The van der Waals surface area contributed by atoms with Crippen molar-refractivity contribution in [3.05, 3.63) is 63.7 Å². The summed E-state index contributed by atoms with van der Waals surface area (Å²) < 4.78 is 5.71. The number of aldehydes is 1. The van der Waals surface area contributed by atoms with Crippen LogP contribution in [-0.4, -0.2) is 6.29 Å². The summed E-state index contributed by atoms with van der Waals surface area (Å²) in [4.78, 5) is 11.0. The number of benzene rings is 2. The molecule has 2 aromatic rings. The Morgan fingerprint density at radius 3 is 2.63 bits per heavy atom. The van der Waals surface area contributed by atoms with E-state index < -0.39 is 0 Å². The summed E-state index contributed by atoms with van der Waals surface area (Å²) in [5, 5.41) is 0.586. The first-order valence-electron chi connectivity index (χ1n) is 6.04. The van der Waals surface area contributed by atoms with Crippen LogP contribution in [0, 0.1) is 13.8 Å². The first-order chi connectivity index (χ1) is 9.11. The quantitative estimate of drug-likeness (QED) is 0.775. The third-order valence-corrected chi connectivity index (χ3v) is 3.36. The van der Waals surface area contributed by atoms with Gasteiger partial charge in [-0.05, 0) is 43.2 Å². The van der Waals surface area contributed by atoms with E-state index >= 15 is 0 Å². The van der Waals surface area contributed by atoms with E-state index in [0.717, 1.165) is 23.0 Å². The van der Waals surface area contributed by atoms with Crippen LogP contribution in [0.25, 0.3) is 0 Å². The summed E-state index contributed by atoms with van der Waals surface area (Å²) >= 11 is 6.04. The van der Waals surface area contributed by atoms with Crippen LogP contribution in [-0.2, 0) is 6.61 Å². The minimum absolute atomic E-state index is 0.401. The van der Waals surface area contributed by atoms with E-state index in [-0.39, 0.29) is 0 Å². The highest BCUT2D eigenvalue weighted by molar-refractivity contribution is 6.32. The van der Waals surface area contributed by atoms with Crippen LogP contribution in [0.4, 0.5) is 0 Å². The summed E-state index contributed by atoms with van der Waals surface area (Å²) in [6.07, 6.45) is 0.876. The average molecular weight is 275 g/mol. The van der Waals surface area contributed by atoms with Crippen molar-refractivity contribution < 1.29 is 9.53 Å². The molecule has 0 heterocycles. The number of rotatable bonds is 4. The summed E-state index contributed by atoms with van der Waals surface area (Å²) in [5.41, 5.74) is 3.71. The lowest BCUT2D eigenvalue weighted by Crippen LogP contribution is -2.02. The highest BCUT2D eigenvalue weighted by Gasteiger charge is 2.07. The van der Waals surface area contributed by atoms with Gasteiger partial charge in [0.2, 0.25) is 0 Å². The predicted molar refractivity (Wildman–Crippen MR) is 77.1 cm³/mol. The first kappa shape index (κ1) is 13.6. The number of hydrogen-bond donors (Lipinski definition) is 0. The van der Waals surface area contributed by atoms with Gasteiger partial charge in [0.25, 0.3) is 0 Å². The third kappa shape index (κ3) is 3.15. The number of hydrogen-bond acceptors (Lipinski definition) is 2. The Bertz CT molecular complexity index is 606. The molecule has 0 saturated carbocycles. The highest BCUT2D eigenvalue weighted by atomic mass is 35.5. The zero-order valence-corrected chi connectivity index (χ0v) is 11.7. The second-order valence-corrected chi connectivity index (χ2v) is 4.88. The van der Waals surface area contributed by atoms with Crippen molar-refractivity contribution in [2.75, 3.05) is 0 Å². The molecule has 0 spiro atoms. The molecular weight excluding hydrogens is 260 g/mol. The van der Waals surface area contributed by atoms with Gasteiger partial charge in [-0.1, -0.05) is 35.4 Å². The summed E-state index contributed by atoms with van der Waals surface area (Å²) in [6.45, 7) is 4.29. The lowest BCUT2D eigenvalue weighted by molar-refractivity contribution is 0.112. The van der Waals surface area contributed by atoms with Gasteiger partial charge in [-0.25, -0.2) is 0 Å². The number of carbonyl (C=O) groups excluding carboxylic acids is 1. The summed E-state index contributed by atoms with van der Waals surface area (Å²) in [5.74, 6) is 0.651. The Morgan fingerprint density at radius 1 is 1.21 bits per heavy atom. The molecule has 0 fully saturated rings. The molecule has 0 atom stereocenters. The van der Waals surface area contributed by atoms with Crippen molar-refractivity contribution in [3.8, 4) is 5.75 Å². The van der Waals surface area contributed by atoms with Gasteiger partial charge in [-0.2, -0.15) is 0 Å². The zero-order valence-electron chi connectivity index (χ0n) is 10.9. The van der Waals surface area contributed by atoms with Gasteiger partial charge in [-0.3, -0.25) is 4.79 Å². The SMILES string of the molecule is Cc1cc(C=O)c(C)c(COc2ccccc2Cl)c1. The van der Waals surface area contributed by atoms with E-state index in [1.54, 1.807) is 6.07 Å². The minimum atomic E-state index is 0.401. The number of halogens is 1. The van der Waals surface area contributed by atoms with Crippen LogP contribution in [0.1, 0.15) is 27.0 Å². The van der Waals surface area contributed by atoms with E-state index in [4.69, 9.17) is 16.3 Å². The van der Waals surface area contributed by atoms with E-state index in [1.807, 2.05) is 44.2 Å². The van der Waals surface area contributed by atoms with Crippen molar-refractivity contribution in [2.45, 2.75) is 20.5 Å². The largest absolute Gasteiger partial charge is 0.487 e. The smallest absolute Gasteiger partial charge is 0.150 e. The molecule has 0 amide bonds. The van der Waals surface area contributed by atoms with Gasteiger partial charge in [0.1, 0.15) is 18.6 Å². The second kappa shape index (κ2) is 5.89. The summed E-state index contributed by atoms with van der Waals surface area (Å²) in [7, 11) is 0. The molecular formula is C16H15ClO2. The van der Waals surface area contributed by atoms with Crippen molar-refractivity contribution in [2.24, 2.45) is 0 Å². The van der Waals surface area contributed by atoms with E-state index in [9.17, 15) is 4.79 Å². The zero-order chi connectivity index (χ0) is 13.8. The van der Waals surface area contributed by atoms with Crippen molar-refractivity contribution in [1.29, 1.82) is 0 Å². The van der Waals surface area contributed by atoms with E-state index in [2.05, 4.69) is 0 Å². The standard InChI is InChI=1S/C16H15ClO2/c1-11-7-13(9-18)12(2)14(8-11)10-19-16-6-4-3-5-15(16)17/h3-9H,10H2,1-2H3. The molecule has 0 bridgehead atoms. The third-order valence-electron chi connectivity index (χ3n) is 3.05. The van der Waals surface area contributed by atoms with Crippen LogP contribution in [0.15, 0.2) is 36.4 Å². The maximum Gasteiger partial charge on any atom is 0.150 e. The Kier molecular flexibility index (Phi) is 4.23. The molecule has 0 radical (unpaired) electrons. The van der Waals surface area contributed by atoms with Gasteiger partial charge in [0.05, 0.1) is 5.02 Å². The fourth-order valence-corrected chi connectivity index (χ4v) is 2.14. The maximum absolute atomic E-state index is 11.0. The van der Waals surface area contributed by atoms with E-state index in [0.29, 0.717) is 22.9 Å². The number of para-hydroxylation sites is 1. The van der Waals surface area contributed by atoms with Crippen LogP contribution in [0.5, 0.6) is 5.75 Å². The maximum atomic E-state index is 11.0. The van der Waals surface area contributed by atoms with Crippen LogP contribution < -0.4 is 4.74 Å². The molecule has 0 N–H and O–H groups in total. The van der Waals surface area contributed by atoms with Crippen LogP contribution >= 0.6 is 11.6 Å². The second-order valence-electron chi connectivity index (χ2n) is 4.48. The van der Waals surface area contributed by atoms with Gasteiger partial charge >= 0.3 is 0 Å². The van der Waals surface area contributed by atoms with Gasteiger partial charge in [-0.15, -0.1) is 0 Å².